The van der Waals surface area contributed by atoms with E-state index >= 15 is 0 Å². The minimum absolute atomic E-state index is 0.0606. The molecule has 0 saturated heterocycles. The van der Waals surface area contributed by atoms with E-state index in [4.69, 9.17) is 4.74 Å². The van der Waals surface area contributed by atoms with Gasteiger partial charge < -0.3 is 4.74 Å². The van der Waals surface area contributed by atoms with Crippen molar-refractivity contribution < 1.29 is 14.3 Å². The largest absolute Gasteiger partial charge is 0.466 e. The van der Waals surface area contributed by atoms with Crippen LogP contribution in [0.1, 0.15) is 19.2 Å². The number of thiazole rings is 1. The number of rotatable bonds is 9. The Morgan fingerprint density at radius 2 is 1.81 bits per heavy atom. The summed E-state index contributed by atoms with van der Waals surface area (Å²) in [4.78, 5) is 36.3. The quantitative estimate of drug-likeness (QED) is 0.211. The zero-order valence-corrected chi connectivity index (χ0v) is 18.9. The molecule has 2 heterocycles. The molecule has 10 heteroatoms. The van der Waals surface area contributed by atoms with E-state index in [9.17, 15) is 14.4 Å². The van der Waals surface area contributed by atoms with Gasteiger partial charge in [-0.15, -0.1) is 10.2 Å². The Balaban J connectivity index is 1.63. The average molecular weight is 469 g/mol. The summed E-state index contributed by atoms with van der Waals surface area (Å²) in [5.74, 6) is -0.155. The van der Waals surface area contributed by atoms with Gasteiger partial charge in [-0.3, -0.25) is 23.5 Å². The summed E-state index contributed by atoms with van der Waals surface area (Å²) in [6.45, 7) is 2.17. The molecular weight excluding hydrogens is 448 g/mol. The predicted octanol–water partition coefficient (Wildman–Crippen LogP) is 3.31. The van der Waals surface area contributed by atoms with Crippen molar-refractivity contribution in [3.05, 3.63) is 70.1 Å². The second-order valence-electron chi connectivity index (χ2n) is 6.80. The van der Waals surface area contributed by atoms with Gasteiger partial charge in [0.05, 0.1) is 29.1 Å². The summed E-state index contributed by atoms with van der Waals surface area (Å²) in [7, 11) is 0. The van der Waals surface area contributed by atoms with E-state index < -0.39 is 5.97 Å². The number of ether oxygens (including phenoxy) is 1. The molecule has 164 valence electrons. The van der Waals surface area contributed by atoms with Gasteiger partial charge in [0.15, 0.2) is 16.8 Å². The van der Waals surface area contributed by atoms with E-state index in [1.807, 2.05) is 59.2 Å². The Morgan fingerprint density at radius 1 is 1.06 bits per heavy atom. The zero-order valence-electron chi connectivity index (χ0n) is 17.3. The van der Waals surface area contributed by atoms with Gasteiger partial charge in [-0.2, -0.15) is 0 Å². The number of Topliss-reactive ketones (excluding diaryl/α,β-unsaturated/α-hetero) is 1. The molecule has 4 rings (SSSR count). The lowest BCUT2D eigenvalue weighted by molar-refractivity contribution is -0.145. The van der Waals surface area contributed by atoms with Gasteiger partial charge in [0.2, 0.25) is 0 Å². The summed E-state index contributed by atoms with van der Waals surface area (Å²) in [5, 5.41) is 9.09. The number of carbonyl (C=O) groups excluding carboxylic acids is 2. The first-order valence-corrected chi connectivity index (χ1v) is 11.7. The topological polar surface area (TPSA) is 96.1 Å². The highest BCUT2D eigenvalue weighted by atomic mass is 32.2. The highest BCUT2D eigenvalue weighted by Gasteiger charge is 2.19. The second-order valence-corrected chi connectivity index (χ2v) is 8.74. The molecule has 2 aromatic carbocycles. The fourth-order valence-corrected chi connectivity index (χ4v) is 4.93. The van der Waals surface area contributed by atoms with Crippen LogP contribution in [-0.2, 0) is 20.9 Å². The minimum Gasteiger partial charge on any atom is -0.466 e. The summed E-state index contributed by atoms with van der Waals surface area (Å²) in [5.41, 5.74) is 1.66. The number of hydrogen-bond donors (Lipinski definition) is 0. The Morgan fingerprint density at radius 3 is 2.59 bits per heavy atom. The van der Waals surface area contributed by atoms with Crippen molar-refractivity contribution in [2.45, 2.75) is 25.0 Å². The van der Waals surface area contributed by atoms with Gasteiger partial charge in [0.25, 0.3) is 0 Å². The number of aromatic nitrogens is 4. The molecule has 0 aliphatic rings. The van der Waals surface area contributed by atoms with Crippen LogP contribution in [0.5, 0.6) is 0 Å². The van der Waals surface area contributed by atoms with E-state index in [0.717, 1.165) is 15.9 Å². The van der Waals surface area contributed by atoms with Crippen molar-refractivity contribution in [2.75, 3.05) is 12.4 Å². The normalized spacial score (nSPS) is 11.0. The molecule has 0 radical (unpaired) electrons. The summed E-state index contributed by atoms with van der Waals surface area (Å²) in [6.07, 6.45) is -0.274. The van der Waals surface area contributed by atoms with Gasteiger partial charge >= 0.3 is 10.8 Å². The summed E-state index contributed by atoms with van der Waals surface area (Å²) in [6, 6.07) is 17.1. The van der Waals surface area contributed by atoms with Crippen LogP contribution in [0.3, 0.4) is 0 Å². The molecule has 0 aliphatic heterocycles. The van der Waals surface area contributed by atoms with E-state index in [1.165, 1.54) is 23.1 Å². The van der Waals surface area contributed by atoms with Gasteiger partial charge in [0, 0.05) is 5.69 Å². The first kappa shape index (κ1) is 22.0. The molecule has 4 aromatic rings. The van der Waals surface area contributed by atoms with Gasteiger partial charge in [-0.25, -0.2) is 0 Å². The second kappa shape index (κ2) is 9.92. The van der Waals surface area contributed by atoms with Crippen molar-refractivity contribution in [1.82, 2.24) is 19.3 Å². The SMILES string of the molecule is CCOC(=O)CC(=O)CSc1nnc(Cn2c(=O)sc3ccccc32)n1-c1ccccc1. The first-order chi connectivity index (χ1) is 15.6. The molecule has 0 N–H and O–H groups in total. The zero-order chi connectivity index (χ0) is 22.5. The number of para-hydroxylation sites is 2. The molecule has 8 nitrogen and oxygen atoms in total. The van der Waals surface area contributed by atoms with E-state index in [2.05, 4.69) is 10.2 Å². The summed E-state index contributed by atoms with van der Waals surface area (Å²) < 4.78 is 9.24. The molecule has 0 unspecified atom stereocenters. The van der Waals surface area contributed by atoms with Crippen LogP contribution < -0.4 is 4.87 Å². The molecular formula is C22H20N4O4S2. The molecule has 2 aromatic heterocycles. The van der Waals surface area contributed by atoms with Crippen LogP contribution in [0.15, 0.2) is 64.5 Å². The van der Waals surface area contributed by atoms with Crippen molar-refractivity contribution in [2.24, 2.45) is 0 Å². The Hall–Kier alpha value is -3.24. The number of hydrogen-bond acceptors (Lipinski definition) is 8. The molecule has 0 atom stereocenters. The number of esters is 1. The Labute approximate surface area is 191 Å². The third-order valence-corrected chi connectivity index (χ3v) is 6.55. The van der Waals surface area contributed by atoms with Crippen LogP contribution in [0.2, 0.25) is 0 Å². The molecule has 0 bridgehead atoms. The lowest BCUT2D eigenvalue weighted by Crippen LogP contribution is -2.17. The fraction of sp³-hybridized carbons (Fsp3) is 0.227. The van der Waals surface area contributed by atoms with E-state index in [-0.39, 0.29) is 36.0 Å². The van der Waals surface area contributed by atoms with E-state index in [0.29, 0.717) is 11.0 Å². The van der Waals surface area contributed by atoms with Gasteiger partial charge in [-0.05, 0) is 31.2 Å². The van der Waals surface area contributed by atoms with Crippen molar-refractivity contribution in [3.63, 3.8) is 0 Å². The molecule has 0 saturated carbocycles. The van der Waals surface area contributed by atoms with Crippen molar-refractivity contribution in [3.8, 4) is 5.69 Å². The van der Waals surface area contributed by atoms with Gasteiger partial charge in [0.1, 0.15) is 6.42 Å². The number of nitrogens with zero attached hydrogens (tertiary/aromatic N) is 4. The fourth-order valence-electron chi connectivity index (χ4n) is 3.21. The number of thioether (sulfide) groups is 1. The number of carbonyl (C=O) groups is 2. The number of benzene rings is 2. The van der Waals surface area contributed by atoms with Crippen molar-refractivity contribution in [1.29, 1.82) is 0 Å². The van der Waals surface area contributed by atoms with Crippen LogP contribution in [0, 0.1) is 0 Å². The first-order valence-electron chi connectivity index (χ1n) is 9.95. The monoisotopic (exact) mass is 468 g/mol. The van der Waals surface area contributed by atoms with Crippen LogP contribution in [0.25, 0.3) is 15.9 Å². The number of fused-ring (bicyclic) bond motifs is 1. The highest BCUT2D eigenvalue weighted by Crippen LogP contribution is 2.24. The van der Waals surface area contributed by atoms with Crippen LogP contribution in [0.4, 0.5) is 0 Å². The van der Waals surface area contributed by atoms with Crippen molar-refractivity contribution >= 4 is 45.1 Å². The third kappa shape index (κ3) is 4.81. The number of ketones is 1. The standard InChI is InChI=1S/C22H20N4O4S2/c1-2-30-20(28)12-16(27)14-31-21-24-23-19(26(21)15-8-4-3-5-9-15)13-25-17-10-6-7-11-18(17)32-22(25)29/h3-11H,2,12-14H2,1H3. The molecule has 32 heavy (non-hydrogen) atoms. The van der Waals surface area contributed by atoms with Crippen LogP contribution >= 0.6 is 23.1 Å². The maximum absolute atomic E-state index is 12.6. The van der Waals surface area contributed by atoms with E-state index in [1.54, 1.807) is 11.5 Å². The predicted molar refractivity (Wildman–Crippen MR) is 124 cm³/mol. The maximum atomic E-state index is 12.6. The van der Waals surface area contributed by atoms with Crippen LogP contribution in [-0.4, -0.2) is 43.4 Å². The Bertz CT molecular complexity index is 1310. The lowest BCUT2D eigenvalue weighted by atomic mass is 10.3. The lowest BCUT2D eigenvalue weighted by Gasteiger charge is -2.10. The molecule has 0 fully saturated rings. The maximum Gasteiger partial charge on any atom is 0.313 e. The highest BCUT2D eigenvalue weighted by molar-refractivity contribution is 7.99. The molecule has 0 spiro atoms. The average Bonchev–Trinajstić information content (AvgIpc) is 3.34. The smallest absolute Gasteiger partial charge is 0.313 e. The molecule has 0 amide bonds. The molecule has 0 aliphatic carbocycles. The van der Waals surface area contributed by atoms with Gasteiger partial charge in [-0.1, -0.05) is 53.4 Å². The third-order valence-electron chi connectivity index (χ3n) is 4.60. The minimum atomic E-state index is -0.535. The Kier molecular flexibility index (Phi) is 6.81. The summed E-state index contributed by atoms with van der Waals surface area (Å²) >= 11 is 2.39.